The predicted molar refractivity (Wildman–Crippen MR) is 76.0 cm³/mol. The van der Waals surface area contributed by atoms with Gasteiger partial charge in [-0.15, -0.1) is 0 Å². The van der Waals surface area contributed by atoms with Crippen LogP contribution in [0, 0.1) is 24.1 Å². The lowest BCUT2D eigenvalue weighted by molar-refractivity contribution is 0.282. The first-order chi connectivity index (χ1) is 9.52. The van der Waals surface area contributed by atoms with Gasteiger partial charge in [-0.25, -0.2) is 4.39 Å². The van der Waals surface area contributed by atoms with Crippen molar-refractivity contribution in [3.8, 4) is 11.8 Å². The van der Waals surface area contributed by atoms with Crippen molar-refractivity contribution in [2.24, 2.45) is 0 Å². The van der Waals surface area contributed by atoms with Crippen molar-refractivity contribution in [1.29, 1.82) is 5.26 Å². The molecule has 1 fully saturated rings. The van der Waals surface area contributed by atoms with E-state index in [-0.39, 0.29) is 5.82 Å². The first-order valence-electron chi connectivity index (χ1n) is 7.10. The molecule has 1 saturated carbocycles. The largest absolute Gasteiger partial charge is 0.493 e. The van der Waals surface area contributed by atoms with Gasteiger partial charge in [0.2, 0.25) is 0 Å². The van der Waals surface area contributed by atoms with Gasteiger partial charge in [-0.2, -0.15) is 5.26 Å². The van der Waals surface area contributed by atoms with E-state index >= 15 is 0 Å². The van der Waals surface area contributed by atoms with Crippen LogP contribution in [0.15, 0.2) is 18.2 Å². The molecule has 1 aromatic rings. The summed E-state index contributed by atoms with van der Waals surface area (Å²) in [5.74, 6) is 0.293. The van der Waals surface area contributed by atoms with Crippen LogP contribution in [-0.2, 0) is 0 Å². The number of ether oxygens (including phenoxy) is 1. The van der Waals surface area contributed by atoms with E-state index in [0.29, 0.717) is 18.4 Å². The smallest absolute Gasteiger partial charge is 0.126 e. The van der Waals surface area contributed by atoms with Crippen LogP contribution in [-0.4, -0.2) is 18.2 Å². The van der Waals surface area contributed by atoms with Gasteiger partial charge in [-0.3, -0.25) is 5.32 Å². The number of benzene rings is 1. The summed E-state index contributed by atoms with van der Waals surface area (Å²) in [6.45, 7) is 4.31. The minimum absolute atomic E-state index is 0.289. The van der Waals surface area contributed by atoms with E-state index in [2.05, 4.69) is 11.4 Å². The van der Waals surface area contributed by atoms with Gasteiger partial charge < -0.3 is 4.74 Å². The average Bonchev–Trinajstić information content (AvgIpc) is 3.22. The summed E-state index contributed by atoms with van der Waals surface area (Å²) >= 11 is 0. The van der Waals surface area contributed by atoms with E-state index in [9.17, 15) is 9.65 Å². The van der Waals surface area contributed by atoms with Gasteiger partial charge >= 0.3 is 0 Å². The molecule has 0 spiro atoms. The number of nitrogens with zero attached hydrogens (tertiary/aromatic N) is 1. The first kappa shape index (κ1) is 14.8. The van der Waals surface area contributed by atoms with Crippen LogP contribution >= 0.6 is 0 Å². The molecule has 20 heavy (non-hydrogen) atoms. The molecule has 0 heterocycles. The van der Waals surface area contributed by atoms with Gasteiger partial charge in [0.05, 0.1) is 12.7 Å². The van der Waals surface area contributed by atoms with E-state index in [1.165, 1.54) is 12.1 Å². The molecule has 0 aromatic heterocycles. The Kier molecular flexibility index (Phi) is 4.61. The quantitative estimate of drug-likeness (QED) is 0.777. The average molecular weight is 276 g/mol. The summed E-state index contributed by atoms with van der Waals surface area (Å²) in [7, 11) is 0. The van der Waals surface area contributed by atoms with Gasteiger partial charge in [0, 0.05) is 12.1 Å². The molecule has 0 saturated heterocycles. The third kappa shape index (κ3) is 4.21. The summed E-state index contributed by atoms with van der Waals surface area (Å²) in [4.78, 5) is 0. The zero-order valence-electron chi connectivity index (χ0n) is 12.1. The van der Waals surface area contributed by atoms with E-state index in [0.717, 1.165) is 31.2 Å². The van der Waals surface area contributed by atoms with E-state index in [1.807, 2.05) is 13.8 Å². The van der Waals surface area contributed by atoms with Crippen LogP contribution in [0.25, 0.3) is 0 Å². The number of halogens is 1. The lowest BCUT2D eigenvalue weighted by Crippen LogP contribution is -2.42. The minimum atomic E-state index is -0.485. The summed E-state index contributed by atoms with van der Waals surface area (Å²) in [5, 5.41) is 12.6. The topological polar surface area (TPSA) is 45.0 Å². The third-order valence-electron chi connectivity index (χ3n) is 3.58. The van der Waals surface area contributed by atoms with Gasteiger partial charge in [0.25, 0.3) is 0 Å². The number of aryl methyl sites for hydroxylation is 1. The Morgan fingerprint density at radius 1 is 1.50 bits per heavy atom. The molecule has 3 nitrogen and oxygen atoms in total. The summed E-state index contributed by atoms with van der Waals surface area (Å²) in [6, 6.07) is 7.38. The predicted octanol–water partition coefficient (Wildman–Crippen LogP) is 3.33. The number of rotatable bonds is 7. The van der Waals surface area contributed by atoms with Gasteiger partial charge in [0.1, 0.15) is 17.1 Å². The lowest BCUT2D eigenvalue weighted by Gasteiger charge is -2.23. The molecule has 0 aliphatic heterocycles. The Bertz CT molecular complexity index is 508. The highest BCUT2D eigenvalue weighted by atomic mass is 19.1. The Morgan fingerprint density at radius 2 is 2.25 bits per heavy atom. The van der Waals surface area contributed by atoms with E-state index in [1.54, 1.807) is 6.07 Å². The molecule has 108 valence electrons. The Hall–Kier alpha value is -1.60. The Balaban J connectivity index is 1.77. The van der Waals surface area contributed by atoms with Crippen LogP contribution in [0.4, 0.5) is 4.39 Å². The Morgan fingerprint density at radius 3 is 2.90 bits per heavy atom. The number of nitrogens with one attached hydrogen (secondary N) is 1. The maximum Gasteiger partial charge on any atom is 0.126 e. The summed E-state index contributed by atoms with van der Waals surface area (Å²) in [6.07, 6.45) is 3.82. The second-order valence-electron chi connectivity index (χ2n) is 5.72. The van der Waals surface area contributed by atoms with Crippen LogP contribution < -0.4 is 10.1 Å². The fourth-order valence-corrected chi connectivity index (χ4v) is 2.18. The summed E-state index contributed by atoms with van der Waals surface area (Å²) in [5.41, 5.74) is 0.437. The molecule has 4 heteroatoms. The van der Waals surface area contributed by atoms with Crippen molar-refractivity contribution in [3.63, 3.8) is 0 Å². The first-order valence-corrected chi connectivity index (χ1v) is 7.10. The van der Waals surface area contributed by atoms with E-state index < -0.39 is 5.54 Å². The van der Waals surface area contributed by atoms with Gasteiger partial charge in [0.15, 0.2) is 0 Å². The molecule has 1 atom stereocenters. The van der Waals surface area contributed by atoms with Crippen molar-refractivity contribution >= 4 is 0 Å². The van der Waals surface area contributed by atoms with Crippen LogP contribution in [0.1, 0.15) is 38.2 Å². The standard InChI is InChI=1S/C16H21FN2O/c1-12-4-5-13(17)10-15(12)20-9-3-8-16(2,11-18)19-14-6-7-14/h4-5,10,14,19H,3,6-9H2,1-2H3. The number of nitriles is 1. The molecule has 1 aliphatic carbocycles. The molecule has 1 unspecified atom stereocenters. The molecule has 1 N–H and O–H groups in total. The highest BCUT2D eigenvalue weighted by Crippen LogP contribution is 2.25. The SMILES string of the molecule is Cc1ccc(F)cc1OCCCC(C)(C#N)NC1CC1. The second kappa shape index (κ2) is 6.23. The molecule has 2 rings (SSSR count). The maximum atomic E-state index is 13.1. The number of hydrogen-bond acceptors (Lipinski definition) is 3. The molecule has 0 bridgehead atoms. The number of hydrogen-bond donors (Lipinski definition) is 1. The van der Waals surface area contributed by atoms with E-state index in [4.69, 9.17) is 4.74 Å². The molecular weight excluding hydrogens is 255 g/mol. The molecular formula is C16H21FN2O. The summed E-state index contributed by atoms with van der Waals surface area (Å²) < 4.78 is 18.7. The molecule has 0 amide bonds. The molecule has 1 aliphatic rings. The van der Waals surface area contributed by atoms with Crippen molar-refractivity contribution in [2.75, 3.05) is 6.61 Å². The fourth-order valence-electron chi connectivity index (χ4n) is 2.18. The monoisotopic (exact) mass is 276 g/mol. The molecule has 1 aromatic carbocycles. The second-order valence-corrected chi connectivity index (χ2v) is 5.72. The van der Waals surface area contributed by atoms with Crippen molar-refractivity contribution < 1.29 is 9.13 Å². The minimum Gasteiger partial charge on any atom is -0.493 e. The third-order valence-corrected chi connectivity index (χ3v) is 3.58. The zero-order valence-corrected chi connectivity index (χ0v) is 12.1. The van der Waals surface area contributed by atoms with Crippen molar-refractivity contribution in [3.05, 3.63) is 29.6 Å². The fraction of sp³-hybridized carbons (Fsp3) is 0.562. The Labute approximate surface area is 119 Å². The maximum absolute atomic E-state index is 13.1. The van der Waals surface area contributed by atoms with Crippen molar-refractivity contribution in [1.82, 2.24) is 5.32 Å². The van der Waals surface area contributed by atoms with Crippen LogP contribution in [0.5, 0.6) is 5.75 Å². The van der Waals surface area contributed by atoms with Crippen molar-refractivity contribution in [2.45, 2.75) is 51.1 Å². The molecule has 0 radical (unpaired) electrons. The normalized spacial score (nSPS) is 17.3. The lowest BCUT2D eigenvalue weighted by atomic mass is 9.98. The zero-order chi connectivity index (χ0) is 14.6. The van der Waals surface area contributed by atoms with Crippen LogP contribution in [0.2, 0.25) is 0 Å². The highest BCUT2D eigenvalue weighted by Gasteiger charge is 2.31. The van der Waals surface area contributed by atoms with Gasteiger partial charge in [-0.1, -0.05) is 6.07 Å². The van der Waals surface area contributed by atoms with Crippen LogP contribution in [0.3, 0.4) is 0 Å². The van der Waals surface area contributed by atoms with Gasteiger partial charge in [-0.05, 0) is 51.2 Å². The highest BCUT2D eigenvalue weighted by molar-refractivity contribution is 5.32.